The molecule has 0 aliphatic heterocycles. The topological polar surface area (TPSA) is 62.2 Å². The number of hydrogen-bond acceptors (Lipinski definition) is 3. The van der Waals surface area contributed by atoms with Crippen molar-refractivity contribution in [3.8, 4) is 17.6 Å². The first-order chi connectivity index (χ1) is 16.9. The Morgan fingerprint density at radius 1 is 1.14 bits per heavy atom. The van der Waals surface area contributed by atoms with Crippen molar-refractivity contribution in [1.82, 2.24) is 10.3 Å². The molecule has 1 fully saturated rings. The van der Waals surface area contributed by atoms with Crippen LogP contribution in [0.4, 0.5) is 8.78 Å². The molecule has 0 unspecified atom stereocenters. The Kier molecular flexibility index (Phi) is 6.33. The van der Waals surface area contributed by atoms with Crippen LogP contribution in [0.15, 0.2) is 60.8 Å². The molecule has 0 spiro atoms. The fourth-order valence-corrected chi connectivity index (χ4v) is 4.36. The number of allylic oxidation sites excluding steroid dienone is 1. The standard InChI is InChI=1S/C29H24F2N2O2/c30-23-12-19(13-24(31)16-23)14-27(29-21(2-1-11-32-29)6-5-18-3-4-18)33-28(35)15-22-8-7-20-9-10-25(34)17-26(20)22/h1-2,8-13,16-18,27,34H,3-4,7,14-15H2,(H,33,35)/t27-/m0/s1. The van der Waals surface area contributed by atoms with E-state index in [0.717, 1.165) is 35.6 Å². The number of nitrogens with one attached hydrogen (secondary N) is 1. The summed E-state index contributed by atoms with van der Waals surface area (Å²) in [5, 5.41) is 12.9. The maximum Gasteiger partial charge on any atom is 0.224 e. The predicted molar refractivity (Wildman–Crippen MR) is 129 cm³/mol. The summed E-state index contributed by atoms with van der Waals surface area (Å²) >= 11 is 0. The van der Waals surface area contributed by atoms with Gasteiger partial charge in [-0.05, 0) is 84.3 Å². The van der Waals surface area contributed by atoms with Gasteiger partial charge in [-0.15, -0.1) is 0 Å². The van der Waals surface area contributed by atoms with Crippen molar-refractivity contribution in [3.05, 3.63) is 100 Å². The minimum atomic E-state index is -0.674. The Hall–Kier alpha value is -3.98. The molecule has 1 amide bonds. The highest BCUT2D eigenvalue weighted by molar-refractivity contribution is 5.91. The van der Waals surface area contributed by atoms with Gasteiger partial charge in [0.2, 0.25) is 5.91 Å². The zero-order valence-corrected chi connectivity index (χ0v) is 19.0. The normalized spacial score (nSPS) is 15.0. The molecule has 6 heteroatoms. The van der Waals surface area contributed by atoms with Crippen LogP contribution in [0, 0.1) is 29.4 Å². The first-order valence-corrected chi connectivity index (χ1v) is 11.7. The summed E-state index contributed by atoms with van der Waals surface area (Å²) in [4.78, 5) is 17.7. The van der Waals surface area contributed by atoms with Crippen molar-refractivity contribution in [1.29, 1.82) is 0 Å². The lowest BCUT2D eigenvalue weighted by Crippen LogP contribution is -2.31. The van der Waals surface area contributed by atoms with Crippen molar-refractivity contribution in [2.24, 2.45) is 5.92 Å². The molecule has 35 heavy (non-hydrogen) atoms. The van der Waals surface area contributed by atoms with Gasteiger partial charge in [-0.2, -0.15) is 0 Å². The summed E-state index contributed by atoms with van der Waals surface area (Å²) in [7, 11) is 0. The minimum Gasteiger partial charge on any atom is -0.508 e. The maximum absolute atomic E-state index is 13.9. The van der Waals surface area contributed by atoms with E-state index in [4.69, 9.17) is 0 Å². The van der Waals surface area contributed by atoms with Gasteiger partial charge in [0.1, 0.15) is 17.4 Å². The molecule has 176 valence electrons. The molecule has 1 saturated carbocycles. The van der Waals surface area contributed by atoms with Gasteiger partial charge >= 0.3 is 0 Å². The maximum atomic E-state index is 13.9. The molecular weight excluding hydrogens is 446 g/mol. The van der Waals surface area contributed by atoms with E-state index in [9.17, 15) is 18.7 Å². The molecule has 5 rings (SSSR count). The Balaban J connectivity index is 1.42. The van der Waals surface area contributed by atoms with Crippen LogP contribution in [-0.2, 0) is 17.6 Å². The van der Waals surface area contributed by atoms with Crippen LogP contribution in [0.25, 0.3) is 5.57 Å². The van der Waals surface area contributed by atoms with E-state index in [1.165, 1.54) is 12.1 Å². The van der Waals surface area contributed by atoms with Crippen molar-refractivity contribution in [2.45, 2.75) is 38.1 Å². The number of rotatable bonds is 6. The van der Waals surface area contributed by atoms with Gasteiger partial charge < -0.3 is 10.4 Å². The zero-order valence-electron chi connectivity index (χ0n) is 19.0. The van der Waals surface area contributed by atoms with Gasteiger partial charge in [0.25, 0.3) is 0 Å². The van der Waals surface area contributed by atoms with Crippen LogP contribution in [0.1, 0.15) is 53.3 Å². The van der Waals surface area contributed by atoms with Crippen molar-refractivity contribution in [3.63, 3.8) is 0 Å². The number of pyridine rings is 1. The monoisotopic (exact) mass is 470 g/mol. The van der Waals surface area contributed by atoms with Crippen LogP contribution < -0.4 is 5.32 Å². The van der Waals surface area contributed by atoms with Gasteiger partial charge in [-0.25, -0.2) is 8.78 Å². The smallest absolute Gasteiger partial charge is 0.224 e. The third-order valence-electron chi connectivity index (χ3n) is 6.21. The first-order valence-electron chi connectivity index (χ1n) is 11.7. The Bertz CT molecular complexity index is 1360. The highest BCUT2D eigenvalue weighted by Gasteiger charge is 2.23. The van der Waals surface area contributed by atoms with E-state index in [-0.39, 0.29) is 24.5 Å². The van der Waals surface area contributed by atoms with Crippen LogP contribution in [0.5, 0.6) is 5.75 Å². The minimum absolute atomic E-state index is 0.111. The zero-order chi connectivity index (χ0) is 24.4. The molecule has 2 N–H and O–H groups in total. The van der Waals surface area contributed by atoms with E-state index in [2.05, 4.69) is 22.1 Å². The van der Waals surface area contributed by atoms with Crippen molar-refractivity contribution in [2.75, 3.05) is 0 Å². The molecule has 0 saturated heterocycles. The summed E-state index contributed by atoms with van der Waals surface area (Å²) in [6, 6.07) is 11.5. The second-order valence-corrected chi connectivity index (χ2v) is 9.03. The van der Waals surface area contributed by atoms with Crippen molar-refractivity contribution >= 4 is 11.5 Å². The van der Waals surface area contributed by atoms with Crippen LogP contribution in [-0.4, -0.2) is 16.0 Å². The first kappa shape index (κ1) is 22.8. The number of halogens is 2. The lowest BCUT2D eigenvalue weighted by Gasteiger charge is -2.20. The number of phenols is 1. The van der Waals surface area contributed by atoms with E-state index in [1.54, 1.807) is 24.4 Å². The molecule has 0 radical (unpaired) electrons. The third kappa shape index (κ3) is 5.58. The molecule has 0 bridgehead atoms. The quantitative estimate of drug-likeness (QED) is 0.484. The molecule has 1 aromatic heterocycles. The van der Waals surface area contributed by atoms with Gasteiger partial charge in [-0.1, -0.05) is 24.0 Å². The summed E-state index contributed by atoms with van der Waals surface area (Å²) < 4.78 is 27.8. The number of phenolic OH excluding ortho intramolecular Hbond substituents is 1. The van der Waals surface area contributed by atoms with Crippen molar-refractivity contribution < 1.29 is 18.7 Å². The average molecular weight is 471 g/mol. The molecule has 2 aliphatic rings. The fraction of sp³-hybridized carbons (Fsp3) is 0.241. The van der Waals surface area contributed by atoms with Gasteiger partial charge in [0, 0.05) is 23.7 Å². The molecule has 1 heterocycles. The van der Waals surface area contributed by atoms with Crippen LogP contribution in [0.3, 0.4) is 0 Å². The Labute approximate surface area is 202 Å². The summed E-state index contributed by atoms with van der Waals surface area (Å²) in [5.74, 6) is 5.34. The lowest BCUT2D eigenvalue weighted by molar-refractivity contribution is -0.120. The van der Waals surface area contributed by atoms with E-state index >= 15 is 0 Å². The summed E-state index contributed by atoms with van der Waals surface area (Å²) in [6.45, 7) is 0. The van der Waals surface area contributed by atoms with Crippen LogP contribution >= 0.6 is 0 Å². The highest BCUT2D eigenvalue weighted by Crippen LogP contribution is 2.33. The number of aromatic nitrogens is 1. The fourth-order valence-electron chi connectivity index (χ4n) is 4.36. The van der Waals surface area contributed by atoms with Gasteiger partial charge in [0.15, 0.2) is 0 Å². The molecular formula is C29H24F2N2O2. The number of nitrogens with zero attached hydrogens (tertiary/aromatic N) is 1. The largest absolute Gasteiger partial charge is 0.508 e. The third-order valence-corrected chi connectivity index (χ3v) is 6.21. The SMILES string of the molecule is O=C(CC1=CCc2ccc(O)cc21)N[C@@H](Cc1cc(F)cc(F)c1)c1ncccc1C#CC1CC1. The molecule has 2 aliphatic carbocycles. The number of hydrogen-bond donors (Lipinski definition) is 2. The number of carbonyl (C=O) groups is 1. The van der Waals surface area contributed by atoms with E-state index < -0.39 is 17.7 Å². The van der Waals surface area contributed by atoms with E-state index in [1.807, 2.05) is 18.2 Å². The summed E-state index contributed by atoms with van der Waals surface area (Å²) in [5.41, 5.74) is 4.42. The Morgan fingerprint density at radius 2 is 1.94 bits per heavy atom. The summed E-state index contributed by atoms with van der Waals surface area (Å²) in [6.07, 6.45) is 6.74. The number of carbonyl (C=O) groups excluding carboxylic acids is 1. The number of fused-ring (bicyclic) bond motifs is 1. The average Bonchev–Trinajstić information content (AvgIpc) is 3.57. The predicted octanol–water partition coefficient (Wildman–Crippen LogP) is 5.26. The number of amides is 1. The molecule has 2 aromatic carbocycles. The second-order valence-electron chi connectivity index (χ2n) is 9.03. The molecule has 4 nitrogen and oxygen atoms in total. The second kappa shape index (κ2) is 9.71. The Morgan fingerprint density at radius 3 is 2.71 bits per heavy atom. The van der Waals surface area contributed by atoms with Gasteiger partial charge in [0.05, 0.1) is 18.2 Å². The lowest BCUT2D eigenvalue weighted by atomic mass is 9.98. The molecule has 1 atom stereocenters. The van der Waals surface area contributed by atoms with Crippen LogP contribution in [0.2, 0.25) is 0 Å². The number of aromatic hydroxyl groups is 1. The number of benzene rings is 2. The van der Waals surface area contributed by atoms with E-state index in [0.29, 0.717) is 29.2 Å². The highest BCUT2D eigenvalue weighted by atomic mass is 19.1. The van der Waals surface area contributed by atoms with Gasteiger partial charge in [-0.3, -0.25) is 9.78 Å². The molecule has 3 aromatic rings.